The molecule has 0 radical (unpaired) electrons. The first kappa shape index (κ1) is 57.8. The van der Waals surface area contributed by atoms with Crippen LogP contribution in [0.15, 0.2) is 190 Å². The smallest absolute Gasteiger partial charge is 0.0487 e. The molecule has 0 aromatic heterocycles. The molecule has 360 valence electrons. The molecule has 0 saturated carbocycles. The van der Waals surface area contributed by atoms with Gasteiger partial charge >= 0.3 is 82.6 Å². The summed E-state index contributed by atoms with van der Waals surface area (Å²) in [7, 11) is 0. The van der Waals surface area contributed by atoms with Crippen LogP contribution in [0.1, 0.15) is 176 Å². The fourth-order valence-electron chi connectivity index (χ4n) is 10.7. The standard InChI is InChI=1S/4C15H15.2C3H6.2ClH.2Zr/c4*1-2-6-12(7-3-1)15-11-10-13-8-4-5-9-14(13)15;2*1-3-2;;;;/h4*1-3,6-7,10,15H,4-5,8-9H2;2*1-2H3;2*1H;;/q4*-1;;;;;2*+2/p-2. The van der Waals surface area contributed by atoms with Crippen LogP contribution < -0.4 is 24.8 Å². The van der Waals surface area contributed by atoms with Gasteiger partial charge in [0.05, 0.1) is 0 Å². The molecule has 12 rings (SSSR count). The minimum atomic E-state index is 0. The second-order valence-corrected chi connectivity index (χ2v) is 24.6. The minimum absolute atomic E-state index is 0. The Labute approximate surface area is 466 Å². The number of benzene rings is 4. The van der Waals surface area contributed by atoms with Gasteiger partial charge in [-0.25, -0.2) is 24.3 Å². The third-order valence-corrected chi connectivity index (χ3v) is 13.8. The van der Waals surface area contributed by atoms with E-state index in [2.05, 4.69) is 198 Å². The van der Waals surface area contributed by atoms with E-state index in [1.54, 1.807) is 93.1 Å². The number of hydrogen-bond donors (Lipinski definition) is 0. The van der Waals surface area contributed by atoms with Gasteiger partial charge in [0.2, 0.25) is 0 Å². The van der Waals surface area contributed by atoms with Gasteiger partial charge in [-0.3, -0.25) is 24.3 Å². The Morgan fingerprint density at radius 1 is 0.314 bits per heavy atom. The summed E-state index contributed by atoms with van der Waals surface area (Å²) in [4.78, 5) is 0. The van der Waals surface area contributed by atoms with E-state index in [9.17, 15) is 0 Å². The molecule has 0 spiro atoms. The quantitative estimate of drug-likeness (QED) is 0.179. The van der Waals surface area contributed by atoms with Gasteiger partial charge in [0.1, 0.15) is 0 Å². The predicted molar refractivity (Wildman–Crippen MR) is 283 cm³/mol. The van der Waals surface area contributed by atoms with Crippen molar-refractivity contribution in [3.63, 3.8) is 0 Å². The molecule has 4 aromatic rings. The van der Waals surface area contributed by atoms with Crippen LogP contribution in [0.5, 0.6) is 0 Å². The Morgan fingerprint density at radius 3 is 0.671 bits per heavy atom. The summed E-state index contributed by atoms with van der Waals surface area (Å²) >= 11 is 3.11. The summed E-state index contributed by atoms with van der Waals surface area (Å²) in [6.45, 7) is 8.49. The van der Waals surface area contributed by atoms with Crippen molar-refractivity contribution in [2.24, 2.45) is 0 Å². The third-order valence-electron chi connectivity index (χ3n) is 13.8. The van der Waals surface area contributed by atoms with Gasteiger partial charge in [-0.1, -0.05) is 244 Å². The van der Waals surface area contributed by atoms with Crippen molar-refractivity contribution in [3.8, 4) is 0 Å². The van der Waals surface area contributed by atoms with Crippen LogP contribution in [-0.2, 0) is 48.5 Å². The van der Waals surface area contributed by atoms with Crippen molar-refractivity contribution in [1.29, 1.82) is 0 Å². The molecular weight excluding hydrogens is 1050 g/mol. The topological polar surface area (TPSA) is 0 Å². The van der Waals surface area contributed by atoms with Crippen LogP contribution >= 0.6 is 0 Å². The van der Waals surface area contributed by atoms with Crippen molar-refractivity contribution >= 4 is 6.41 Å². The van der Waals surface area contributed by atoms with Crippen molar-refractivity contribution in [2.75, 3.05) is 0 Å². The molecule has 0 aliphatic heterocycles. The zero-order chi connectivity index (χ0) is 47.5. The normalized spacial score (nSPS) is 21.7. The molecule has 4 unspecified atom stereocenters. The van der Waals surface area contributed by atoms with E-state index in [4.69, 9.17) is 0 Å². The Morgan fingerprint density at radius 2 is 0.486 bits per heavy atom. The SMILES string of the molecule is C[C](C)=[Zr+2].C[C](C)=[Zr+2].[C-]1=CC2=C(CCCC2)C1c1ccccc1.[C-]1=CC2=C(CCCC2)C1c1ccccc1.[C-]1=CC2=C(CCCC2)C1c1ccccc1.[C-]1=CC2=C(CCCC2)C1c1ccccc1.[Cl-].[Cl-]. The van der Waals surface area contributed by atoms with Crippen molar-refractivity contribution in [1.82, 2.24) is 0 Å². The van der Waals surface area contributed by atoms with Crippen LogP contribution in [0, 0.1) is 24.3 Å². The zero-order valence-electron chi connectivity index (χ0n) is 42.2. The summed E-state index contributed by atoms with van der Waals surface area (Å²) in [6.07, 6.45) is 44.0. The molecule has 0 fully saturated rings. The largest absolute Gasteiger partial charge is 1.00 e. The van der Waals surface area contributed by atoms with Gasteiger partial charge in [-0.05, 0) is 25.7 Å². The van der Waals surface area contributed by atoms with Crippen LogP contribution in [0.3, 0.4) is 0 Å². The van der Waals surface area contributed by atoms with E-state index in [0.717, 1.165) is 0 Å². The van der Waals surface area contributed by atoms with E-state index in [1.807, 2.05) is 0 Å². The van der Waals surface area contributed by atoms with E-state index >= 15 is 0 Å². The number of rotatable bonds is 4. The van der Waals surface area contributed by atoms with E-state index in [-0.39, 0.29) is 24.8 Å². The summed E-state index contributed by atoms with van der Waals surface area (Å²) < 4.78 is 3.01. The number of halogens is 2. The maximum Gasteiger partial charge on any atom is -0.0487 e. The molecule has 4 atom stereocenters. The summed E-state index contributed by atoms with van der Waals surface area (Å²) in [5, 5.41) is 0. The van der Waals surface area contributed by atoms with E-state index < -0.39 is 0 Å². The first-order chi connectivity index (χ1) is 33.3. The summed E-state index contributed by atoms with van der Waals surface area (Å²) in [5.74, 6) is 1.84. The van der Waals surface area contributed by atoms with Gasteiger partial charge in [0.15, 0.2) is 0 Å². The third kappa shape index (κ3) is 17.0. The molecule has 0 amide bonds. The first-order valence-electron chi connectivity index (χ1n) is 25.7. The van der Waals surface area contributed by atoms with Crippen LogP contribution in [0.4, 0.5) is 0 Å². The monoisotopic (exact) mass is 1110 g/mol. The van der Waals surface area contributed by atoms with E-state index in [1.165, 1.54) is 131 Å². The molecule has 4 aromatic carbocycles. The Hall–Kier alpha value is -3.11. The molecule has 4 heteroatoms. The molecular formula is C66H72Cl2Zr2-2. The molecule has 8 aliphatic carbocycles. The Bertz CT molecular complexity index is 2180. The predicted octanol–water partition coefficient (Wildman–Crippen LogP) is 11.6. The van der Waals surface area contributed by atoms with E-state index in [0.29, 0.717) is 23.7 Å². The van der Waals surface area contributed by atoms with Gasteiger partial charge in [0.25, 0.3) is 0 Å². The summed E-state index contributed by atoms with van der Waals surface area (Å²) in [5.41, 5.74) is 18.4. The molecule has 0 N–H and O–H groups in total. The van der Waals surface area contributed by atoms with Gasteiger partial charge in [-0.15, -0.1) is 0 Å². The zero-order valence-corrected chi connectivity index (χ0v) is 48.7. The van der Waals surface area contributed by atoms with Crippen molar-refractivity contribution in [3.05, 3.63) is 237 Å². The Balaban J connectivity index is 0.000000164. The molecule has 0 heterocycles. The second-order valence-electron chi connectivity index (χ2n) is 19.6. The first-order valence-corrected chi connectivity index (χ1v) is 28.2. The van der Waals surface area contributed by atoms with Crippen LogP contribution in [0.25, 0.3) is 0 Å². The second kappa shape index (κ2) is 30.8. The average Bonchev–Trinajstić information content (AvgIpc) is 4.21. The summed E-state index contributed by atoms with van der Waals surface area (Å²) in [6, 6.07) is 43.1. The fraction of sp³-hybridized carbons (Fsp3) is 0.364. The van der Waals surface area contributed by atoms with Crippen molar-refractivity contribution in [2.45, 2.75) is 154 Å². The molecule has 70 heavy (non-hydrogen) atoms. The average molecular weight is 1120 g/mol. The maximum atomic E-state index is 3.52. The molecule has 0 nitrogen and oxygen atoms in total. The molecule has 0 saturated heterocycles. The Kier molecular flexibility index (Phi) is 25.4. The number of allylic oxidation sites excluding steroid dienone is 16. The van der Waals surface area contributed by atoms with Crippen LogP contribution in [0.2, 0.25) is 0 Å². The van der Waals surface area contributed by atoms with Gasteiger partial charge < -0.3 is 24.8 Å². The number of hydrogen-bond acceptors (Lipinski definition) is 0. The molecule has 0 bridgehead atoms. The minimum Gasteiger partial charge on any atom is -1.00 e. The van der Waals surface area contributed by atoms with Crippen LogP contribution in [-0.4, -0.2) is 6.41 Å². The van der Waals surface area contributed by atoms with Gasteiger partial charge in [-0.2, -0.15) is 44.6 Å². The maximum absolute atomic E-state index is 3.52. The van der Waals surface area contributed by atoms with Crippen molar-refractivity contribution < 1.29 is 73.3 Å². The molecule has 8 aliphatic rings. The fourth-order valence-corrected chi connectivity index (χ4v) is 10.7. The van der Waals surface area contributed by atoms with Gasteiger partial charge in [0, 0.05) is 0 Å².